The Balaban J connectivity index is 1.98. The highest BCUT2D eigenvalue weighted by Crippen LogP contribution is 2.16. The molecule has 0 saturated heterocycles. The molecule has 5 heteroatoms. The normalized spacial score (nSPS) is 11.3. The first-order valence-electron chi connectivity index (χ1n) is 7.07. The fraction of sp³-hybridized carbons (Fsp3) is 0.533. The molecule has 0 aliphatic rings. The van der Waals surface area contributed by atoms with Crippen molar-refractivity contribution < 1.29 is 9.47 Å². The molecule has 2 N–H and O–H groups in total. The van der Waals surface area contributed by atoms with Crippen LogP contribution in [0.3, 0.4) is 0 Å². The van der Waals surface area contributed by atoms with Gasteiger partial charge >= 0.3 is 0 Å². The minimum atomic E-state index is 0.609. The lowest BCUT2D eigenvalue weighted by molar-refractivity contribution is 0.0978. The van der Waals surface area contributed by atoms with Gasteiger partial charge in [0.1, 0.15) is 5.82 Å². The molecule has 0 saturated carbocycles. The van der Waals surface area contributed by atoms with Crippen molar-refractivity contribution >= 4 is 11.0 Å². The SMILES string of the molecule is COCCCOCCn1c(CCN)nc2ccccc21. The van der Waals surface area contributed by atoms with Gasteiger partial charge in [0.05, 0.1) is 17.6 Å². The van der Waals surface area contributed by atoms with Gasteiger partial charge in [0, 0.05) is 33.3 Å². The monoisotopic (exact) mass is 277 g/mol. The van der Waals surface area contributed by atoms with Crippen LogP contribution in [-0.4, -0.2) is 43.0 Å². The number of nitrogens with zero attached hydrogens (tertiary/aromatic N) is 2. The van der Waals surface area contributed by atoms with Crippen molar-refractivity contribution in [2.45, 2.75) is 19.4 Å². The van der Waals surface area contributed by atoms with Crippen LogP contribution < -0.4 is 5.73 Å². The number of hydrogen-bond acceptors (Lipinski definition) is 4. The number of nitrogens with two attached hydrogens (primary N) is 1. The zero-order chi connectivity index (χ0) is 14.2. The smallest absolute Gasteiger partial charge is 0.111 e. The minimum absolute atomic E-state index is 0.609. The topological polar surface area (TPSA) is 62.3 Å². The predicted octanol–water partition coefficient (Wildman–Crippen LogP) is 1.59. The molecule has 0 bridgehead atoms. The van der Waals surface area contributed by atoms with Crippen LogP contribution in [-0.2, 0) is 22.4 Å². The quantitative estimate of drug-likeness (QED) is 0.707. The number of aromatic nitrogens is 2. The maximum atomic E-state index is 5.66. The van der Waals surface area contributed by atoms with E-state index in [4.69, 9.17) is 15.2 Å². The van der Waals surface area contributed by atoms with Gasteiger partial charge in [0.2, 0.25) is 0 Å². The third kappa shape index (κ3) is 3.79. The average molecular weight is 277 g/mol. The van der Waals surface area contributed by atoms with E-state index in [9.17, 15) is 0 Å². The molecule has 0 atom stereocenters. The number of rotatable bonds is 9. The van der Waals surface area contributed by atoms with Gasteiger partial charge in [-0.05, 0) is 25.1 Å². The Labute approximate surface area is 119 Å². The molecule has 5 nitrogen and oxygen atoms in total. The van der Waals surface area contributed by atoms with E-state index in [0.29, 0.717) is 13.2 Å². The molecule has 0 fully saturated rings. The summed E-state index contributed by atoms with van der Waals surface area (Å²) in [5.41, 5.74) is 7.84. The summed E-state index contributed by atoms with van der Waals surface area (Å²) >= 11 is 0. The molecular weight excluding hydrogens is 254 g/mol. The summed E-state index contributed by atoms with van der Waals surface area (Å²) in [6, 6.07) is 8.16. The molecule has 0 aliphatic carbocycles. The summed E-state index contributed by atoms with van der Waals surface area (Å²) in [5, 5.41) is 0. The lowest BCUT2D eigenvalue weighted by atomic mass is 10.3. The Hall–Kier alpha value is -1.43. The summed E-state index contributed by atoms with van der Waals surface area (Å²) in [7, 11) is 1.71. The van der Waals surface area contributed by atoms with Gasteiger partial charge < -0.3 is 19.8 Å². The minimum Gasteiger partial charge on any atom is -0.385 e. The van der Waals surface area contributed by atoms with E-state index in [-0.39, 0.29) is 0 Å². The standard InChI is InChI=1S/C15H23N3O2/c1-19-10-4-11-20-12-9-18-14-6-3-2-5-13(14)17-15(18)7-8-16/h2-3,5-6H,4,7-12,16H2,1H3. The zero-order valence-corrected chi connectivity index (χ0v) is 12.0. The number of benzene rings is 1. The number of hydrogen-bond donors (Lipinski definition) is 1. The maximum absolute atomic E-state index is 5.66. The number of para-hydroxylation sites is 2. The molecule has 1 aromatic heterocycles. The molecule has 0 amide bonds. The van der Waals surface area contributed by atoms with Crippen molar-refractivity contribution in [1.82, 2.24) is 9.55 Å². The van der Waals surface area contributed by atoms with Gasteiger partial charge in [-0.15, -0.1) is 0 Å². The summed E-state index contributed by atoms with van der Waals surface area (Å²) in [5.74, 6) is 1.04. The predicted molar refractivity (Wildman–Crippen MR) is 79.8 cm³/mol. The number of methoxy groups -OCH3 is 1. The van der Waals surface area contributed by atoms with Crippen LogP contribution in [0.1, 0.15) is 12.2 Å². The van der Waals surface area contributed by atoms with Crippen molar-refractivity contribution in [3.63, 3.8) is 0 Å². The van der Waals surface area contributed by atoms with Crippen molar-refractivity contribution in [1.29, 1.82) is 0 Å². The summed E-state index contributed by atoms with van der Waals surface area (Å²) in [6.45, 7) is 3.57. The van der Waals surface area contributed by atoms with Crippen LogP contribution in [0.15, 0.2) is 24.3 Å². The third-order valence-corrected chi connectivity index (χ3v) is 3.20. The largest absolute Gasteiger partial charge is 0.385 e. The molecule has 2 aromatic rings. The van der Waals surface area contributed by atoms with Crippen molar-refractivity contribution in [3.05, 3.63) is 30.1 Å². The first-order chi connectivity index (χ1) is 9.86. The first-order valence-corrected chi connectivity index (χ1v) is 7.07. The van der Waals surface area contributed by atoms with Gasteiger partial charge in [0.15, 0.2) is 0 Å². The summed E-state index contributed by atoms with van der Waals surface area (Å²) in [4.78, 5) is 4.64. The van der Waals surface area contributed by atoms with E-state index in [1.165, 1.54) is 0 Å². The molecule has 0 unspecified atom stereocenters. The second kappa shape index (κ2) is 7.99. The highest BCUT2D eigenvalue weighted by Gasteiger charge is 2.09. The van der Waals surface area contributed by atoms with E-state index in [1.807, 2.05) is 18.2 Å². The fourth-order valence-electron chi connectivity index (χ4n) is 2.26. The Bertz CT molecular complexity index is 525. The Kier molecular flexibility index (Phi) is 5.98. The van der Waals surface area contributed by atoms with E-state index >= 15 is 0 Å². The fourth-order valence-corrected chi connectivity index (χ4v) is 2.26. The van der Waals surface area contributed by atoms with E-state index in [1.54, 1.807) is 7.11 Å². The van der Waals surface area contributed by atoms with Gasteiger partial charge in [-0.2, -0.15) is 0 Å². The molecule has 0 aliphatic heterocycles. The van der Waals surface area contributed by atoms with Crippen LogP contribution in [0, 0.1) is 0 Å². The average Bonchev–Trinajstić information content (AvgIpc) is 2.81. The second-order valence-corrected chi connectivity index (χ2v) is 4.67. The summed E-state index contributed by atoms with van der Waals surface area (Å²) < 4.78 is 12.8. The van der Waals surface area contributed by atoms with Gasteiger partial charge in [0.25, 0.3) is 0 Å². The van der Waals surface area contributed by atoms with Crippen molar-refractivity contribution in [2.24, 2.45) is 5.73 Å². The highest BCUT2D eigenvalue weighted by molar-refractivity contribution is 5.75. The van der Waals surface area contributed by atoms with E-state index in [0.717, 1.165) is 49.5 Å². The Morgan fingerprint density at radius 1 is 1.20 bits per heavy atom. The zero-order valence-electron chi connectivity index (χ0n) is 12.0. The number of fused-ring (bicyclic) bond motifs is 1. The molecule has 20 heavy (non-hydrogen) atoms. The van der Waals surface area contributed by atoms with Gasteiger partial charge in [-0.1, -0.05) is 12.1 Å². The lowest BCUT2D eigenvalue weighted by Crippen LogP contribution is -2.13. The molecule has 110 valence electrons. The third-order valence-electron chi connectivity index (χ3n) is 3.20. The molecule has 2 rings (SSSR count). The van der Waals surface area contributed by atoms with Gasteiger partial charge in [-0.25, -0.2) is 4.98 Å². The van der Waals surface area contributed by atoms with Crippen molar-refractivity contribution in [3.8, 4) is 0 Å². The number of imidazole rings is 1. The van der Waals surface area contributed by atoms with Crippen LogP contribution in [0.25, 0.3) is 11.0 Å². The van der Waals surface area contributed by atoms with Crippen molar-refractivity contribution in [2.75, 3.05) is 33.5 Å². The number of ether oxygens (including phenoxy) is 2. The molecule has 0 radical (unpaired) electrons. The molecule has 1 aromatic carbocycles. The molecule has 0 spiro atoms. The summed E-state index contributed by atoms with van der Waals surface area (Å²) in [6.07, 6.45) is 1.72. The van der Waals surface area contributed by atoms with Crippen LogP contribution in [0.4, 0.5) is 0 Å². The van der Waals surface area contributed by atoms with Crippen LogP contribution >= 0.6 is 0 Å². The first kappa shape index (κ1) is 15.0. The molecule has 1 heterocycles. The lowest BCUT2D eigenvalue weighted by Gasteiger charge is -2.09. The highest BCUT2D eigenvalue weighted by atomic mass is 16.5. The maximum Gasteiger partial charge on any atom is 0.111 e. The van der Waals surface area contributed by atoms with Crippen LogP contribution in [0.5, 0.6) is 0 Å². The Morgan fingerprint density at radius 3 is 2.85 bits per heavy atom. The van der Waals surface area contributed by atoms with Gasteiger partial charge in [-0.3, -0.25) is 0 Å². The van der Waals surface area contributed by atoms with Crippen LogP contribution in [0.2, 0.25) is 0 Å². The second-order valence-electron chi connectivity index (χ2n) is 4.67. The van der Waals surface area contributed by atoms with E-state index in [2.05, 4.69) is 15.6 Å². The molecular formula is C15H23N3O2. The Morgan fingerprint density at radius 2 is 2.05 bits per heavy atom. The van der Waals surface area contributed by atoms with E-state index < -0.39 is 0 Å².